The number of carbonyl (C=O) groups is 1. The number of halogens is 1. The predicted octanol–water partition coefficient (Wildman–Crippen LogP) is 3.18. The van der Waals surface area contributed by atoms with E-state index in [1.807, 2.05) is 13.0 Å². The summed E-state index contributed by atoms with van der Waals surface area (Å²) in [5.74, 6) is 0.431. The lowest BCUT2D eigenvalue weighted by molar-refractivity contribution is -0.105. The zero-order chi connectivity index (χ0) is 17.6. The molecule has 0 aliphatic rings. The maximum atomic E-state index is 10.6. The third-order valence-electron chi connectivity index (χ3n) is 4.07. The summed E-state index contributed by atoms with van der Waals surface area (Å²) in [7, 11) is 0. The number of rotatable bonds is 3. The number of aromatic nitrogens is 4. The topological polar surface area (TPSA) is 92.4 Å². The molecule has 0 saturated heterocycles. The maximum absolute atomic E-state index is 10.6. The van der Waals surface area contributed by atoms with E-state index >= 15 is 0 Å². The number of nitrogens with zero attached hydrogens (tertiary/aromatic N) is 4. The highest BCUT2D eigenvalue weighted by Gasteiger charge is 2.17. The summed E-state index contributed by atoms with van der Waals surface area (Å²) >= 11 is 6.35. The molecule has 0 unspecified atom stereocenters. The molecule has 4 aromatic rings. The number of aromatic hydroxyl groups is 1. The van der Waals surface area contributed by atoms with Crippen molar-refractivity contribution in [3.05, 3.63) is 47.4 Å². The summed E-state index contributed by atoms with van der Waals surface area (Å²) in [6.07, 6.45) is 3.80. The van der Waals surface area contributed by atoms with Crippen LogP contribution in [0.15, 0.2) is 36.8 Å². The third kappa shape index (κ3) is 2.36. The molecule has 2 N–H and O–H groups in total. The highest BCUT2D eigenvalue weighted by atomic mass is 35.5. The van der Waals surface area contributed by atoms with E-state index in [1.165, 1.54) is 0 Å². The van der Waals surface area contributed by atoms with Crippen molar-refractivity contribution in [2.45, 2.75) is 6.92 Å². The van der Waals surface area contributed by atoms with Gasteiger partial charge in [0.1, 0.15) is 17.9 Å². The van der Waals surface area contributed by atoms with Crippen LogP contribution in [-0.4, -0.2) is 31.1 Å². The number of phenols is 1. The van der Waals surface area contributed by atoms with Crippen LogP contribution in [0.5, 0.6) is 5.75 Å². The van der Waals surface area contributed by atoms with E-state index in [4.69, 9.17) is 11.6 Å². The summed E-state index contributed by atoms with van der Waals surface area (Å²) in [6.45, 7) is 1.91. The molecule has 7 nitrogen and oxygen atoms in total. The number of hydrogen-bond acceptors (Lipinski definition) is 5. The van der Waals surface area contributed by atoms with Gasteiger partial charge in [-0.3, -0.25) is 9.20 Å². The van der Waals surface area contributed by atoms with Crippen LogP contribution in [0, 0.1) is 6.92 Å². The zero-order valence-electron chi connectivity index (χ0n) is 13.1. The highest BCUT2D eigenvalue weighted by Crippen LogP contribution is 2.40. The second-order valence-electron chi connectivity index (χ2n) is 5.56. The normalized spacial score (nSPS) is 11.1. The average Bonchev–Trinajstić information content (AvgIpc) is 3.09. The molecular formula is C17H12ClN5O2. The second-order valence-corrected chi connectivity index (χ2v) is 5.94. The predicted molar refractivity (Wildman–Crippen MR) is 94.8 cm³/mol. The first-order chi connectivity index (χ1) is 12.1. The Kier molecular flexibility index (Phi) is 3.51. The summed E-state index contributed by atoms with van der Waals surface area (Å²) in [5.41, 5.74) is 3.71. The zero-order valence-corrected chi connectivity index (χ0v) is 13.8. The van der Waals surface area contributed by atoms with Gasteiger partial charge in [0.05, 0.1) is 10.5 Å². The monoisotopic (exact) mass is 353 g/mol. The van der Waals surface area contributed by atoms with Crippen molar-refractivity contribution in [3.63, 3.8) is 0 Å². The maximum Gasteiger partial charge on any atom is 0.212 e. The Morgan fingerprint density at radius 1 is 1.32 bits per heavy atom. The molecule has 0 aliphatic heterocycles. The van der Waals surface area contributed by atoms with Gasteiger partial charge >= 0.3 is 0 Å². The van der Waals surface area contributed by atoms with Crippen LogP contribution in [0.1, 0.15) is 5.56 Å². The first-order valence-electron chi connectivity index (χ1n) is 7.41. The molecule has 0 spiro atoms. The molecule has 0 saturated carbocycles. The van der Waals surface area contributed by atoms with E-state index in [-0.39, 0.29) is 10.8 Å². The fourth-order valence-corrected chi connectivity index (χ4v) is 3.22. The van der Waals surface area contributed by atoms with Crippen LogP contribution in [0.4, 0.5) is 5.82 Å². The van der Waals surface area contributed by atoms with E-state index in [9.17, 15) is 9.90 Å². The number of carbonyl (C=O) groups excluding carboxylic acids is 1. The number of pyridine rings is 2. The van der Waals surface area contributed by atoms with Crippen LogP contribution in [-0.2, 0) is 4.79 Å². The molecule has 0 fully saturated rings. The number of anilines is 1. The molecule has 3 aromatic heterocycles. The van der Waals surface area contributed by atoms with Crippen molar-refractivity contribution in [1.82, 2.24) is 19.6 Å². The lowest BCUT2D eigenvalue weighted by Gasteiger charge is -2.13. The molecule has 0 aliphatic carbocycles. The minimum Gasteiger partial charge on any atom is -0.506 e. The molecule has 3 heterocycles. The Bertz CT molecular complexity index is 1140. The Balaban J connectivity index is 2.09. The van der Waals surface area contributed by atoms with Crippen LogP contribution in [0.3, 0.4) is 0 Å². The number of hydrogen-bond donors (Lipinski definition) is 2. The molecule has 25 heavy (non-hydrogen) atoms. The minimum absolute atomic E-state index is 0.00341. The Labute approximate surface area is 146 Å². The smallest absolute Gasteiger partial charge is 0.212 e. The Hall–Kier alpha value is -3.19. The summed E-state index contributed by atoms with van der Waals surface area (Å²) in [4.78, 5) is 14.9. The third-order valence-corrected chi connectivity index (χ3v) is 4.45. The van der Waals surface area contributed by atoms with E-state index in [1.54, 1.807) is 35.1 Å². The lowest BCUT2D eigenvalue weighted by atomic mass is 9.99. The molecule has 0 bridgehead atoms. The average molecular weight is 354 g/mol. The summed E-state index contributed by atoms with van der Waals surface area (Å²) in [5, 5.41) is 21.8. The van der Waals surface area contributed by atoms with E-state index in [0.717, 1.165) is 22.0 Å². The molecule has 4 rings (SSSR count). The minimum atomic E-state index is 0.00341. The van der Waals surface area contributed by atoms with Gasteiger partial charge in [0.15, 0.2) is 5.65 Å². The van der Waals surface area contributed by atoms with Gasteiger partial charge in [-0.25, -0.2) is 4.98 Å². The molecule has 8 heteroatoms. The van der Waals surface area contributed by atoms with Gasteiger partial charge in [0.25, 0.3) is 0 Å². The van der Waals surface area contributed by atoms with E-state index in [2.05, 4.69) is 20.5 Å². The van der Waals surface area contributed by atoms with Gasteiger partial charge in [0, 0.05) is 28.8 Å². The Morgan fingerprint density at radius 2 is 2.16 bits per heavy atom. The van der Waals surface area contributed by atoms with Crippen LogP contribution in [0.2, 0.25) is 5.02 Å². The number of benzene rings is 1. The second kappa shape index (κ2) is 5.71. The summed E-state index contributed by atoms with van der Waals surface area (Å²) < 4.78 is 1.79. The van der Waals surface area contributed by atoms with Gasteiger partial charge in [-0.2, -0.15) is 0 Å². The lowest BCUT2D eigenvalue weighted by Crippen LogP contribution is -1.99. The molecule has 1 amide bonds. The van der Waals surface area contributed by atoms with Gasteiger partial charge in [-0.1, -0.05) is 17.7 Å². The van der Waals surface area contributed by atoms with Gasteiger partial charge in [-0.05, 0) is 24.6 Å². The van der Waals surface area contributed by atoms with Crippen molar-refractivity contribution in [2.75, 3.05) is 5.32 Å². The molecule has 1 aromatic carbocycles. The number of phenolic OH excluding ortho intramolecular Hbond substituents is 1. The van der Waals surface area contributed by atoms with Gasteiger partial charge in [-0.15, -0.1) is 10.2 Å². The van der Waals surface area contributed by atoms with Gasteiger partial charge in [0.2, 0.25) is 6.41 Å². The van der Waals surface area contributed by atoms with Crippen LogP contribution < -0.4 is 5.32 Å². The molecule has 0 atom stereocenters. The quantitative estimate of drug-likeness (QED) is 0.552. The highest BCUT2D eigenvalue weighted by molar-refractivity contribution is 6.35. The van der Waals surface area contributed by atoms with E-state index in [0.29, 0.717) is 23.4 Å². The number of aryl methyl sites for hydroxylation is 1. The van der Waals surface area contributed by atoms with Crippen LogP contribution in [0.25, 0.3) is 27.7 Å². The largest absolute Gasteiger partial charge is 0.506 e. The number of nitrogens with one attached hydrogen (secondary N) is 1. The number of fused-ring (bicyclic) bond motifs is 3. The van der Waals surface area contributed by atoms with E-state index < -0.39 is 0 Å². The van der Waals surface area contributed by atoms with Crippen molar-refractivity contribution in [1.29, 1.82) is 0 Å². The van der Waals surface area contributed by atoms with Crippen molar-refractivity contribution in [3.8, 4) is 16.9 Å². The Morgan fingerprint density at radius 3 is 2.96 bits per heavy atom. The summed E-state index contributed by atoms with van der Waals surface area (Å²) in [6, 6.07) is 6.98. The van der Waals surface area contributed by atoms with Crippen molar-refractivity contribution < 1.29 is 9.90 Å². The fourth-order valence-electron chi connectivity index (χ4n) is 2.91. The first kappa shape index (κ1) is 15.3. The number of amides is 1. The molecule has 124 valence electrons. The first-order valence-corrected chi connectivity index (χ1v) is 7.79. The standard InChI is InChI=1S/C17H12ClN5O2/c1-9-2-3-13(25)16(18)15(9)11-4-10-6-19-14(20-8-24)5-12(10)23-7-21-22-17(11)23/h2-8,25H,1H3,(H,19,20,24). The fraction of sp³-hybridized carbons (Fsp3) is 0.0588. The van der Waals surface area contributed by atoms with Crippen molar-refractivity contribution in [2.24, 2.45) is 0 Å². The van der Waals surface area contributed by atoms with Crippen LogP contribution >= 0.6 is 11.6 Å². The SMILES string of the molecule is Cc1ccc(O)c(Cl)c1-c1cc2cnc(NC=O)cc2n2cnnc12. The molecular weight excluding hydrogens is 342 g/mol. The van der Waals surface area contributed by atoms with Crippen molar-refractivity contribution >= 4 is 40.4 Å². The molecule has 0 radical (unpaired) electrons. The van der Waals surface area contributed by atoms with Gasteiger partial charge < -0.3 is 10.4 Å².